The zero-order chi connectivity index (χ0) is 63.7. The molecule has 87 heavy (non-hydrogen) atoms. The van der Waals surface area contributed by atoms with Gasteiger partial charge in [0.2, 0.25) is 0 Å². The summed E-state index contributed by atoms with van der Waals surface area (Å²) in [7, 11) is 5.17. The lowest BCUT2D eigenvalue weighted by Crippen LogP contribution is -2.32. The summed E-state index contributed by atoms with van der Waals surface area (Å²) in [6.45, 7) is 39.7. The molecule has 5 aliphatic carbocycles. The van der Waals surface area contributed by atoms with E-state index in [1.807, 2.05) is 72.1 Å². The molecule has 0 radical (unpaired) electrons. The molecule has 0 saturated heterocycles. The number of carbonyl (C=O) groups excluding carboxylic acids is 2. The number of carbonyl (C=O) groups is 3. The van der Waals surface area contributed by atoms with Crippen molar-refractivity contribution in [2.75, 3.05) is 34.5 Å². The summed E-state index contributed by atoms with van der Waals surface area (Å²) >= 11 is 5.74. The number of thiophene rings is 3. The summed E-state index contributed by atoms with van der Waals surface area (Å²) in [4.78, 5) is 43.5. The van der Waals surface area contributed by atoms with Gasteiger partial charge in [-0.1, -0.05) is 101 Å². The molecule has 0 amide bonds. The summed E-state index contributed by atoms with van der Waals surface area (Å²) in [5, 5.41) is 9.32. The van der Waals surface area contributed by atoms with Crippen LogP contribution < -0.4 is 14.2 Å². The van der Waals surface area contributed by atoms with E-state index in [0.29, 0.717) is 13.2 Å². The van der Waals surface area contributed by atoms with Crippen LogP contribution in [0.1, 0.15) is 225 Å². The van der Waals surface area contributed by atoms with Gasteiger partial charge in [-0.2, -0.15) is 0 Å². The van der Waals surface area contributed by atoms with Crippen molar-refractivity contribution < 1.29 is 43.2 Å². The molecule has 3 heterocycles. The molecule has 3 aromatic heterocycles. The second-order valence-electron chi connectivity index (χ2n) is 29.0. The number of benzene rings is 3. The number of rotatable bonds is 14. The van der Waals surface area contributed by atoms with Gasteiger partial charge in [0.25, 0.3) is 0 Å². The van der Waals surface area contributed by atoms with E-state index in [-0.39, 0.29) is 68.1 Å². The number of ether oxygens (including phenoxy) is 5. The second-order valence-corrected chi connectivity index (χ2v) is 32.1. The molecule has 11 rings (SSSR count). The Hall–Kier alpha value is -5.69. The SMILES string of the molecule is CCOC(=O)/C=C/c1ccc(OC)c(-c2sc3c(c2C)C(C)(C)CCC3(C)C)c1.CCOC(=O)C1CC1c1ccc(OC)c(-c2sc3c(c2C)C(C)(C)CCC3(C)C)c1.COc1ccc(C2CC2C(=O)O)cc1-c1sc2c(c1C)C(C)(C)CCC2(C)C. The first-order valence-electron chi connectivity index (χ1n) is 31.5. The minimum absolute atomic E-state index is 0.00157. The second kappa shape index (κ2) is 24.6. The van der Waals surface area contributed by atoms with Gasteiger partial charge in [-0.05, 0) is 223 Å². The lowest BCUT2D eigenvalue weighted by molar-refractivity contribution is -0.145. The number of carboxylic acids is 1. The number of methoxy groups -OCH3 is 3. The van der Waals surface area contributed by atoms with Crippen LogP contribution in [-0.2, 0) is 56.3 Å². The molecular weight excluding hydrogens is 1140 g/mol. The Morgan fingerprint density at radius 1 is 0.494 bits per heavy atom. The first-order chi connectivity index (χ1) is 40.8. The van der Waals surface area contributed by atoms with Gasteiger partial charge in [0.05, 0.1) is 46.4 Å². The van der Waals surface area contributed by atoms with Crippen LogP contribution in [0.5, 0.6) is 17.2 Å². The van der Waals surface area contributed by atoms with Crippen molar-refractivity contribution in [2.24, 2.45) is 11.8 Å². The van der Waals surface area contributed by atoms with Gasteiger partial charge in [0.1, 0.15) is 17.2 Å². The van der Waals surface area contributed by atoms with Gasteiger partial charge >= 0.3 is 17.9 Å². The smallest absolute Gasteiger partial charge is 0.330 e. The van der Waals surface area contributed by atoms with Crippen LogP contribution in [-0.4, -0.2) is 57.6 Å². The molecule has 0 bridgehead atoms. The summed E-state index contributed by atoms with van der Waals surface area (Å²) < 4.78 is 27.4. The Balaban J connectivity index is 0.000000156. The predicted molar refractivity (Wildman–Crippen MR) is 361 cm³/mol. The first kappa shape index (κ1) is 65.7. The summed E-state index contributed by atoms with van der Waals surface area (Å²) in [5.74, 6) is 1.71. The van der Waals surface area contributed by atoms with Gasteiger partial charge in [0.15, 0.2) is 0 Å². The molecule has 6 aromatic rings. The third kappa shape index (κ3) is 12.9. The van der Waals surface area contributed by atoms with Crippen LogP contribution in [0.15, 0.2) is 60.7 Å². The van der Waals surface area contributed by atoms with Gasteiger partial charge in [-0.3, -0.25) is 9.59 Å². The first-order valence-corrected chi connectivity index (χ1v) is 33.9. The maximum atomic E-state index is 12.2. The summed E-state index contributed by atoms with van der Waals surface area (Å²) in [6, 6.07) is 18.7. The number of hydrogen-bond donors (Lipinski definition) is 1. The lowest BCUT2D eigenvalue weighted by atomic mass is 9.66. The molecule has 5 aliphatic rings. The number of carboxylic acid groups (broad SMARTS) is 1. The van der Waals surface area contributed by atoms with Crippen molar-refractivity contribution >= 4 is 58.0 Å². The summed E-state index contributed by atoms with van der Waals surface area (Å²) in [5.41, 5.74) is 16.4. The standard InChI is InChI=1S/C26H34O3S.C25H32O3S.C24H30O3S/c1-8-29-24(27)18-14-17(18)16-9-10-20(28-7)19(13-16)22-15(2)21-23(30-22)26(5,6)12-11-25(21,3)4;1-8-28-20(26)12-10-17-9-11-19(27-7)18(15-17)22-16(2)21-23(29-22)25(5,6)14-13-24(21,3)4;1-13-19-21(24(4,5)10-9-23(19,2)3)28-20(13)17-11-14(7-8-18(17)27-6)15-12-16(15)22(25)26/h9-10,13,17-18H,8,11-12,14H2,1-7H3;9-12,15H,8,13-14H2,1-7H3;7-8,11,15-16H,9-10,12H2,1-6H3,(H,25,26)/b;12-10+;. The molecular formula is C75H96O9S3. The quantitative estimate of drug-likeness (QED) is 0.0840. The fourth-order valence-corrected chi connectivity index (χ4v) is 19.2. The number of esters is 2. The Kier molecular flexibility index (Phi) is 18.6. The predicted octanol–water partition coefficient (Wildman–Crippen LogP) is 19.7. The van der Waals surface area contributed by atoms with Crippen LogP contribution in [0.25, 0.3) is 37.4 Å². The van der Waals surface area contributed by atoms with Gasteiger partial charge < -0.3 is 28.8 Å². The highest BCUT2D eigenvalue weighted by atomic mass is 32.1. The fraction of sp³-hybridized carbons (Fsp3) is 0.533. The highest BCUT2D eigenvalue weighted by molar-refractivity contribution is 7.17. The highest BCUT2D eigenvalue weighted by Crippen LogP contribution is 2.59. The van der Waals surface area contributed by atoms with E-state index in [1.165, 1.54) is 113 Å². The van der Waals surface area contributed by atoms with Crippen molar-refractivity contribution in [1.82, 2.24) is 0 Å². The van der Waals surface area contributed by atoms with Crippen molar-refractivity contribution in [3.05, 3.63) is 125 Å². The summed E-state index contributed by atoms with van der Waals surface area (Å²) in [6.07, 6.45) is 12.1. The molecule has 3 aromatic carbocycles. The molecule has 0 spiro atoms. The van der Waals surface area contributed by atoms with E-state index in [2.05, 4.69) is 134 Å². The molecule has 12 heteroatoms. The molecule has 4 unspecified atom stereocenters. The van der Waals surface area contributed by atoms with E-state index in [1.54, 1.807) is 27.4 Å². The van der Waals surface area contributed by atoms with Crippen molar-refractivity contribution in [2.45, 2.75) is 213 Å². The van der Waals surface area contributed by atoms with Crippen LogP contribution in [0.4, 0.5) is 0 Å². The van der Waals surface area contributed by atoms with Gasteiger partial charge in [-0.25, -0.2) is 4.79 Å². The van der Waals surface area contributed by atoms with Crippen LogP contribution in [0.2, 0.25) is 0 Å². The molecule has 2 fully saturated rings. The molecule has 9 nitrogen and oxygen atoms in total. The normalized spacial score (nSPS) is 21.7. The minimum Gasteiger partial charge on any atom is -0.496 e. The third-order valence-corrected chi connectivity index (χ3v) is 25.0. The largest absolute Gasteiger partial charge is 0.496 e. The zero-order valence-electron chi connectivity index (χ0n) is 55.7. The fourth-order valence-electron chi connectivity index (χ4n) is 14.3. The topological polar surface area (TPSA) is 118 Å². The number of fused-ring (bicyclic) bond motifs is 3. The van der Waals surface area contributed by atoms with E-state index >= 15 is 0 Å². The Morgan fingerprint density at radius 3 is 1.18 bits per heavy atom. The van der Waals surface area contributed by atoms with Crippen molar-refractivity contribution in [3.63, 3.8) is 0 Å². The zero-order valence-corrected chi connectivity index (χ0v) is 58.1. The van der Waals surface area contributed by atoms with E-state index < -0.39 is 5.97 Å². The van der Waals surface area contributed by atoms with Crippen molar-refractivity contribution in [3.8, 4) is 48.6 Å². The van der Waals surface area contributed by atoms with E-state index in [4.69, 9.17) is 23.7 Å². The minimum atomic E-state index is -0.686. The Morgan fingerprint density at radius 2 is 0.839 bits per heavy atom. The van der Waals surface area contributed by atoms with Crippen LogP contribution in [0.3, 0.4) is 0 Å². The van der Waals surface area contributed by atoms with E-state index in [9.17, 15) is 19.5 Å². The molecule has 0 aliphatic heterocycles. The Labute approximate surface area is 531 Å². The average Bonchev–Trinajstić information content (AvgIpc) is 1.66. The molecule has 468 valence electrons. The van der Waals surface area contributed by atoms with Gasteiger partial charge in [0, 0.05) is 52.0 Å². The average molecular weight is 1240 g/mol. The molecule has 1 N–H and O–H groups in total. The third-order valence-electron chi connectivity index (χ3n) is 19.9. The highest BCUT2D eigenvalue weighted by Gasteiger charge is 2.48. The van der Waals surface area contributed by atoms with Crippen molar-refractivity contribution in [1.29, 1.82) is 0 Å². The number of aliphatic carboxylic acids is 1. The maximum absolute atomic E-state index is 12.2. The molecule has 4 atom stereocenters. The van der Waals surface area contributed by atoms with Gasteiger partial charge in [-0.15, -0.1) is 34.0 Å². The maximum Gasteiger partial charge on any atom is 0.330 e. The van der Waals surface area contributed by atoms with Crippen LogP contribution >= 0.6 is 34.0 Å². The number of hydrogen-bond acceptors (Lipinski definition) is 11. The van der Waals surface area contributed by atoms with Crippen LogP contribution in [0, 0.1) is 32.6 Å². The monoisotopic (exact) mass is 1240 g/mol. The lowest BCUT2D eigenvalue weighted by Gasteiger charge is -2.39. The molecule has 2 saturated carbocycles. The van der Waals surface area contributed by atoms with E-state index in [0.717, 1.165) is 57.9 Å². The Bertz CT molecular complexity index is 3630.